The lowest BCUT2D eigenvalue weighted by Gasteiger charge is -2.27. The van der Waals surface area contributed by atoms with Crippen LogP contribution in [0.4, 0.5) is 5.88 Å². The van der Waals surface area contributed by atoms with Crippen LogP contribution in [-0.4, -0.2) is 21.4 Å². The second-order valence-electron chi connectivity index (χ2n) is 7.98. The molecule has 4 heterocycles. The van der Waals surface area contributed by atoms with Crippen LogP contribution in [0.3, 0.4) is 0 Å². The summed E-state index contributed by atoms with van der Waals surface area (Å²) in [5, 5.41) is 2.49. The van der Waals surface area contributed by atoms with E-state index in [4.69, 9.17) is 10.2 Å². The molecule has 0 fully saturated rings. The highest BCUT2D eigenvalue weighted by Gasteiger charge is 2.24. The number of nitrogens with one attached hydrogen (secondary N) is 1. The average molecular weight is 435 g/mol. The zero-order valence-corrected chi connectivity index (χ0v) is 18.1. The fourth-order valence-corrected chi connectivity index (χ4v) is 4.69. The molecule has 0 spiro atoms. The number of aromatic nitrogens is 2. The Labute approximate surface area is 182 Å². The summed E-state index contributed by atoms with van der Waals surface area (Å²) in [5.74, 6) is 0.740. The van der Waals surface area contributed by atoms with Crippen LogP contribution >= 0.6 is 11.3 Å². The fraction of sp³-hybridized carbons (Fsp3) is 0.261. The minimum atomic E-state index is -0.136. The molecule has 1 aromatic carbocycles. The molecule has 7 nitrogen and oxygen atoms in total. The van der Waals surface area contributed by atoms with Crippen LogP contribution in [0.15, 0.2) is 43.7 Å². The summed E-state index contributed by atoms with van der Waals surface area (Å²) >= 11 is 1.54. The molecular weight excluding hydrogens is 412 g/mol. The summed E-state index contributed by atoms with van der Waals surface area (Å²) in [6.45, 7) is 5.35. The van der Waals surface area contributed by atoms with E-state index in [0.29, 0.717) is 54.0 Å². The van der Waals surface area contributed by atoms with E-state index in [1.807, 2.05) is 48.4 Å². The maximum absolute atomic E-state index is 13.1. The molecule has 0 amide bonds. The molecule has 4 aromatic rings. The third-order valence-corrected chi connectivity index (χ3v) is 6.79. The number of aromatic amines is 1. The molecule has 0 unspecified atom stereocenters. The number of H-pyrrole nitrogens is 1. The first-order valence-electron chi connectivity index (χ1n) is 10.1. The predicted octanol–water partition coefficient (Wildman–Crippen LogP) is 3.36. The van der Waals surface area contributed by atoms with Crippen molar-refractivity contribution in [2.75, 3.05) is 12.3 Å². The Kier molecular flexibility index (Phi) is 4.75. The standard InChI is InChI=1S/C23H22N4O3S/c1-12-8-14-18(9-13(12)2)30-21(24)16(20(14)28)11-27-6-5-17-15(10-27)23(29)26-22(25-17)19-4-3-7-31-19/h3-4,7-9H,5-6,10-11,24H2,1-2H3,(H,25,26,29). The second kappa shape index (κ2) is 7.47. The largest absolute Gasteiger partial charge is 0.440 e. The third kappa shape index (κ3) is 3.47. The van der Waals surface area contributed by atoms with E-state index in [0.717, 1.165) is 21.7 Å². The molecule has 8 heteroatoms. The number of nitrogens with zero attached hydrogens (tertiary/aromatic N) is 2. The number of fused-ring (bicyclic) bond motifs is 2. The van der Waals surface area contributed by atoms with Crippen LogP contribution in [0, 0.1) is 13.8 Å². The van der Waals surface area contributed by atoms with Gasteiger partial charge in [-0.25, -0.2) is 4.98 Å². The number of hydrogen-bond acceptors (Lipinski definition) is 7. The van der Waals surface area contributed by atoms with Gasteiger partial charge in [0.15, 0.2) is 17.1 Å². The van der Waals surface area contributed by atoms with Crippen molar-refractivity contribution in [3.05, 3.63) is 78.2 Å². The van der Waals surface area contributed by atoms with Gasteiger partial charge in [-0.2, -0.15) is 0 Å². The predicted molar refractivity (Wildman–Crippen MR) is 122 cm³/mol. The molecule has 1 aliphatic rings. The van der Waals surface area contributed by atoms with Crippen LogP contribution in [0.5, 0.6) is 0 Å². The van der Waals surface area contributed by atoms with Gasteiger partial charge in [0.2, 0.25) is 0 Å². The zero-order valence-electron chi connectivity index (χ0n) is 17.3. The number of rotatable bonds is 3. The van der Waals surface area contributed by atoms with Crippen LogP contribution in [0.25, 0.3) is 21.7 Å². The lowest BCUT2D eigenvalue weighted by Crippen LogP contribution is -2.36. The Hall–Kier alpha value is -3.23. The van der Waals surface area contributed by atoms with Crippen molar-refractivity contribution < 1.29 is 4.42 Å². The minimum absolute atomic E-state index is 0.118. The van der Waals surface area contributed by atoms with E-state index in [1.54, 1.807) is 11.3 Å². The van der Waals surface area contributed by atoms with Gasteiger partial charge < -0.3 is 15.1 Å². The highest BCUT2D eigenvalue weighted by atomic mass is 32.1. The number of nitrogens with two attached hydrogens (primary N) is 1. The van der Waals surface area contributed by atoms with Crippen LogP contribution in [0.1, 0.15) is 27.9 Å². The highest BCUT2D eigenvalue weighted by molar-refractivity contribution is 7.13. The molecule has 158 valence electrons. The van der Waals surface area contributed by atoms with Gasteiger partial charge in [-0.15, -0.1) is 11.3 Å². The molecule has 31 heavy (non-hydrogen) atoms. The molecular formula is C23H22N4O3S. The summed E-state index contributed by atoms with van der Waals surface area (Å²) in [7, 11) is 0. The topological polar surface area (TPSA) is 105 Å². The van der Waals surface area contributed by atoms with Crippen molar-refractivity contribution in [1.82, 2.24) is 14.9 Å². The lowest BCUT2D eigenvalue weighted by atomic mass is 10.0. The van der Waals surface area contributed by atoms with Crippen molar-refractivity contribution in [1.29, 1.82) is 0 Å². The third-order valence-electron chi connectivity index (χ3n) is 5.92. The second-order valence-corrected chi connectivity index (χ2v) is 8.93. The van der Waals surface area contributed by atoms with Gasteiger partial charge in [-0.05, 0) is 48.6 Å². The number of hydrogen-bond donors (Lipinski definition) is 2. The maximum Gasteiger partial charge on any atom is 0.255 e. The molecule has 3 aromatic heterocycles. The number of benzene rings is 1. The van der Waals surface area contributed by atoms with E-state index in [-0.39, 0.29) is 16.9 Å². The van der Waals surface area contributed by atoms with E-state index in [1.165, 1.54) is 0 Å². The molecule has 5 rings (SSSR count). The smallest absolute Gasteiger partial charge is 0.255 e. The monoisotopic (exact) mass is 434 g/mol. The minimum Gasteiger partial charge on any atom is -0.440 e. The molecule has 0 radical (unpaired) electrons. The van der Waals surface area contributed by atoms with E-state index >= 15 is 0 Å². The summed E-state index contributed by atoms with van der Waals surface area (Å²) in [6.07, 6.45) is 0.634. The van der Waals surface area contributed by atoms with Gasteiger partial charge in [0.05, 0.1) is 27.1 Å². The first-order chi connectivity index (χ1) is 14.9. The molecule has 1 aliphatic heterocycles. The van der Waals surface area contributed by atoms with Crippen molar-refractivity contribution in [2.24, 2.45) is 0 Å². The Balaban J connectivity index is 1.47. The van der Waals surface area contributed by atoms with Crippen LogP contribution in [0.2, 0.25) is 0 Å². The zero-order chi connectivity index (χ0) is 21.7. The van der Waals surface area contributed by atoms with Crippen molar-refractivity contribution in [3.63, 3.8) is 0 Å². The molecule has 0 saturated heterocycles. The Bertz CT molecular complexity index is 1420. The Morgan fingerprint density at radius 2 is 2.06 bits per heavy atom. The number of thiophene rings is 1. The first kappa shape index (κ1) is 19.7. The molecule has 0 saturated carbocycles. The van der Waals surface area contributed by atoms with Gasteiger partial charge in [0.25, 0.3) is 5.56 Å². The lowest BCUT2D eigenvalue weighted by molar-refractivity contribution is 0.240. The summed E-state index contributed by atoms with van der Waals surface area (Å²) in [6, 6.07) is 7.57. The quantitative estimate of drug-likeness (QED) is 0.512. The first-order valence-corrected chi connectivity index (χ1v) is 11.0. The number of aryl methyl sites for hydroxylation is 2. The highest BCUT2D eigenvalue weighted by Crippen LogP contribution is 2.25. The van der Waals surface area contributed by atoms with E-state index < -0.39 is 0 Å². The summed E-state index contributed by atoms with van der Waals surface area (Å²) in [4.78, 5) is 36.4. The van der Waals surface area contributed by atoms with Gasteiger partial charge >= 0.3 is 0 Å². The van der Waals surface area contributed by atoms with Crippen molar-refractivity contribution >= 4 is 28.2 Å². The molecule has 0 atom stereocenters. The summed E-state index contributed by atoms with van der Waals surface area (Å²) < 4.78 is 5.77. The van der Waals surface area contributed by atoms with Gasteiger partial charge in [0, 0.05) is 26.1 Å². The van der Waals surface area contributed by atoms with Crippen LogP contribution < -0.4 is 16.7 Å². The number of anilines is 1. The van der Waals surface area contributed by atoms with E-state index in [9.17, 15) is 9.59 Å². The maximum atomic E-state index is 13.1. The van der Waals surface area contributed by atoms with Crippen molar-refractivity contribution in [3.8, 4) is 10.7 Å². The van der Waals surface area contributed by atoms with Crippen LogP contribution in [-0.2, 0) is 19.5 Å². The Morgan fingerprint density at radius 3 is 2.84 bits per heavy atom. The molecule has 0 aliphatic carbocycles. The Morgan fingerprint density at radius 1 is 1.26 bits per heavy atom. The molecule has 0 bridgehead atoms. The number of nitrogen functional groups attached to an aromatic ring is 1. The fourth-order valence-electron chi connectivity index (χ4n) is 4.03. The molecule has 3 N–H and O–H groups in total. The summed E-state index contributed by atoms with van der Waals surface area (Å²) in [5.41, 5.74) is 10.3. The van der Waals surface area contributed by atoms with Gasteiger partial charge in [-0.3, -0.25) is 14.5 Å². The SMILES string of the molecule is Cc1cc2oc(N)c(CN3CCc4nc(-c5cccs5)[nH]c(=O)c4C3)c(=O)c2cc1C. The van der Waals surface area contributed by atoms with Crippen molar-refractivity contribution in [2.45, 2.75) is 33.4 Å². The normalized spacial score (nSPS) is 14.1. The van der Waals surface area contributed by atoms with Gasteiger partial charge in [-0.1, -0.05) is 6.07 Å². The van der Waals surface area contributed by atoms with E-state index in [2.05, 4.69) is 9.97 Å². The van der Waals surface area contributed by atoms with Gasteiger partial charge in [0.1, 0.15) is 5.58 Å². The average Bonchev–Trinajstić information content (AvgIpc) is 3.28.